The number of phenols is 1. The number of amides is 1. The molecule has 0 saturated carbocycles. The van der Waals surface area contributed by atoms with Crippen LogP contribution in [0, 0.1) is 4.77 Å². The SMILES string of the molecule is O=C(Cn1c(-c2cccs2)n[nH]c1=S)Nc1cc(S(=O)(=O)N2CCCC2)ccc1O. The number of sulfonamides is 1. The Bertz CT molecular complexity index is 1230. The fraction of sp³-hybridized carbons (Fsp3) is 0.278. The minimum Gasteiger partial charge on any atom is -0.506 e. The molecule has 0 aliphatic carbocycles. The number of phenolic OH excluding ortho intramolecular Hbond substituents is 1. The molecule has 0 radical (unpaired) electrons. The predicted molar refractivity (Wildman–Crippen MR) is 115 cm³/mol. The first-order valence-corrected chi connectivity index (χ1v) is 11.9. The van der Waals surface area contributed by atoms with E-state index in [4.69, 9.17) is 12.2 Å². The van der Waals surface area contributed by atoms with Crippen LogP contribution in [0.3, 0.4) is 0 Å². The molecule has 0 spiro atoms. The van der Waals surface area contributed by atoms with E-state index in [1.54, 1.807) is 4.57 Å². The van der Waals surface area contributed by atoms with Gasteiger partial charge in [0.25, 0.3) is 0 Å². The molecular formula is C18H19N5O4S3. The lowest BCUT2D eigenvalue weighted by Crippen LogP contribution is -2.28. The summed E-state index contributed by atoms with van der Waals surface area (Å²) < 4.78 is 28.8. The Morgan fingerprint density at radius 1 is 1.30 bits per heavy atom. The second-order valence-electron chi connectivity index (χ2n) is 6.75. The van der Waals surface area contributed by atoms with Crippen molar-refractivity contribution in [2.75, 3.05) is 18.4 Å². The van der Waals surface area contributed by atoms with Gasteiger partial charge in [0.1, 0.15) is 12.3 Å². The maximum Gasteiger partial charge on any atom is 0.244 e. The van der Waals surface area contributed by atoms with Crippen molar-refractivity contribution in [3.63, 3.8) is 0 Å². The number of hydrogen-bond donors (Lipinski definition) is 3. The summed E-state index contributed by atoms with van der Waals surface area (Å²) in [4.78, 5) is 13.5. The Morgan fingerprint density at radius 2 is 2.07 bits per heavy atom. The lowest BCUT2D eigenvalue weighted by Gasteiger charge is -2.17. The van der Waals surface area contributed by atoms with Crippen molar-refractivity contribution >= 4 is 45.2 Å². The van der Waals surface area contributed by atoms with Crippen molar-refractivity contribution in [1.82, 2.24) is 19.1 Å². The van der Waals surface area contributed by atoms with E-state index in [1.165, 1.54) is 33.8 Å². The summed E-state index contributed by atoms with van der Waals surface area (Å²) in [6, 6.07) is 7.60. The van der Waals surface area contributed by atoms with Gasteiger partial charge in [-0.3, -0.25) is 14.5 Å². The van der Waals surface area contributed by atoms with Crippen molar-refractivity contribution in [1.29, 1.82) is 0 Å². The minimum absolute atomic E-state index is 0.0213. The largest absolute Gasteiger partial charge is 0.506 e. The molecular weight excluding hydrogens is 446 g/mol. The number of thiophene rings is 1. The predicted octanol–water partition coefficient (Wildman–Crippen LogP) is 2.80. The molecule has 3 heterocycles. The van der Waals surface area contributed by atoms with E-state index in [0.717, 1.165) is 17.7 Å². The van der Waals surface area contributed by atoms with Crippen LogP contribution >= 0.6 is 23.6 Å². The number of carbonyl (C=O) groups is 1. The Kier molecular flexibility index (Phi) is 5.73. The second-order valence-corrected chi connectivity index (χ2v) is 10.0. The number of aromatic amines is 1. The zero-order chi connectivity index (χ0) is 21.3. The van der Waals surface area contributed by atoms with E-state index < -0.39 is 15.9 Å². The number of nitrogens with one attached hydrogen (secondary N) is 2. The molecule has 0 atom stereocenters. The maximum atomic E-state index is 12.8. The first kappa shape index (κ1) is 20.7. The number of aromatic nitrogens is 3. The van der Waals surface area contributed by atoms with Gasteiger partial charge >= 0.3 is 0 Å². The van der Waals surface area contributed by atoms with Crippen LogP contribution < -0.4 is 5.32 Å². The van der Waals surface area contributed by atoms with Crippen molar-refractivity contribution in [3.8, 4) is 16.5 Å². The third kappa shape index (κ3) is 4.03. The number of hydrogen-bond acceptors (Lipinski definition) is 7. The Balaban J connectivity index is 1.56. The average molecular weight is 466 g/mol. The van der Waals surface area contributed by atoms with Gasteiger partial charge in [-0.1, -0.05) is 6.07 Å². The smallest absolute Gasteiger partial charge is 0.244 e. The topological polar surface area (TPSA) is 120 Å². The van der Waals surface area contributed by atoms with Gasteiger partial charge in [-0.2, -0.15) is 9.40 Å². The normalized spacial score (nSPS) is 14.8. The van der Waals surface area contributed by atoms with Gasteiger partial charge in [0.15, 0.2) is 10.6 Å². The van der Waals surface area contributed by atoms with Gasteiger partial charge < -0.3 is 10.4 Å². The number of anilines is 1. The second kappa shape index (κ2) is 8.30. The monoisotopic (exact) mass is 465 g/mol. The lowest BCUT2D eigenvalue weighted by molar-refractivity contribution is -0.116. The van der Waals surface area contributed by atoms with Gasteiger partial charge in [0, 0.05) is 13.1 Å². The molecule has 1 aliphatic heterocycles. The van der Waals surface area contributed by atoms with E-state index in [2.05, 4.69) is 15.5 Å². The third-order valence-corrected chi connectivity index (χ3v) is 7.82. The molecule has 4 rings (SSSR count). The van der Waals surface area contributed by atoms with Crippen LogP contribution in [0.4, 0.5) is 5.69 Å². The Morgan fingerprint density at radius 3 is 2.77 bits per heavy atom. The van der Waals surface area contributed by atoms with Crippen molar-refractivity contribution < 1.29 is 18.3 Å². The van der Waals surface area contributed by atoms with Gasteiger partial charge in [0.05, 0.1) is 15.5 Å². The summed E-state index contributed by atoms with van der Waals surface area (Å²) >= 11 is 6.68. The van der Waals surface area contributed by atoms with E-state index in [-0.39, 0.29) is 27.6 Å². The molecule has 1 aliphatic rings. The van der Waals surface area contributed by atoms with E-state index >= 15 is 0 Å². The van der Waals surface area contributed by atoms with Crippen molar-refractivity contribution in [2.45, 2.75) is 24.3 Å². The van der Waals surface area contributed by atoms with Crippen molar-refractivity contribution in [2.24, 2.45) is 0 Å². The highest BCUT2D eigenvalue weighted by Gasteiger charge is 2.28. The Labute approximate surface area is 182 Å². The first-order chi connectivity index (χ1) is 14.4. The van der Waals surface area contributed by atoms with E-state index in [0.29, 0.717) is 18.9 Å². The summed E-state index contributed by atoms with van der Waals surface area (Å²) in [5, 5.41) is 21.4. The number of carbonyl (C=O) groups excluding carboxylic acids is 1. The first-order valence-electron chi connectivity index (χ1n) is 9.18. The summed E-state index contributed by atoms with van der Waals surface area (Å²) in [5.74, 6) is -0.172. The van der Waals surface area contributed by atoms with E-state index in [9.17, 15) is 18.3 Å². The number of benzene rings is 1. The van der Waals surface area contributed by atoms with Crippen LogP contribution in [0.1, 0.15) is 12.8 Å². The molecule has 1 aromatic carbocycles. The highest BCUT2D eigenvalue weighted by molar-refractivity contribution is 7.89. The van der Waals surface area contributed by atoms with Gasteiger partial charge in [-0.25, -0.2) is 8.42 Å². The fourth-order valence-electron chi connectivity index (χ4n) is 3.24. The standard InChI is InChI=1S/C18H19N5O4S3/c24-14-6-5-12(30(26,27)22-7-1-2-8-22)10-13(14)19-16(25)11-23-17(20-21-18(23)28)15-4-3-9-29-15/h3-6,9-10,24H,1-2,7-8,11H2,(H,19,25)(H,21,28). The molecule has 1 amide bonds. The molecule has 9 nitrogen and oxygen atoms in total. The summed E-state index contributed by atoms with van der Waals surface area (Å²) in [6.07, 6.45) is 1.64. The average Bonchev–Trinajstić information content (AvgIpc) is 3.46. The van der Waals surface area contributed by atoms with Gasteiger partial charge in [0.2, 0.25) is 15.9 Å². The van der Waals surface area contributed by atoms with E-state index in [1.807, 2.05) is 17.5 Å². The molecule has 3 N–H and O–H groups in total. The number of aromatic hydroxyl groups is 1. The number of rotatable bonds is 6. The molecule has 2 aromatic heterocycles. The molecule has 12 heteroatoms. The minimum atomic E-state index is -3.67. The summed E-state index contributed by atoms with van der Waals surface area (Å²) in [7, 11) is -3.67. The fourth-order valence-corrected chi connectivity index (χ4v) is 5.71. The molecule has 3 aromatic rings. The number of nitrogens with zero attached hydrogens (tertiary/aromatic N) is 3. The van der Waals surface area contributed by atoms with Crippen LogP contribution in [0.5, 0.6) is 5.75 Å². The number of H-pyrrole nitrogens is 1. The molecule has 1 fully saturated rings. The van der Waals surface area contributed by atoms with Gasteiger partial charge in [-0.05, 0) is 54.7 Å². The summed E-state index contributed by atoms with van der Waals surface area (Å²) in [6.45, 7) is 0.787. The highest BCUT2D eigenvalue weighted by atomic mass is 32.2. The Hall–Kier alpha value is -2.54. The van der Waals surface area contributed by atoms with Crippen LogP contribution in [0.2, 0.25) is 0 Å². The van der Waals surface area contributed by atoms with Crippen LogP contribution in [0.15, 0.2) is 40.6 Å². The van der Waals surface area contributed by atoms with Crippen LogP contribution in [-0.4, -0.2) is 51.6 Å². The van der Waals surface area contributed by atoms with Gasteiger partial charge in [-0.15, -0.1) is 11.3 Å². The van der Waals surface area contributed by atoms with Crippen molar-refractivity contribution in [3.05, 3.63) is 40.5 Å². The third-order valence-electron chi connectivity index (χ3n) is 4.75. The maximum absolute atomic E-state index is 12.8. The zero-order valence-electron chi connectivity index (χ0n) is 15.7. The lowest BCUT2D eigenvalue weighted by atomic mass is 10.3. The molecule has 1 saturated heterocycles. The summed E-state index contributed by atoms with van der Waals surface area (Å²) in [5.41, 5.74) is 0.0213. The zero-order valence-corrected chi connectivity index (χ0v) is 18.2. The van der Waals surface area contributed by atoms with Crippen LogP contribution in [-0.2, 0) is 21.4 Å². The molecule has 0 unspecified atom stereocenters. The quantitative estimate of drug-likeness (QED) is 0.380. The highest BCUT2D eigenvalue weighted by Crippen LogP contribution is 2.29. The molecule has 158 valence electrons. The molecule has 0 bridgehead atoms. The van der Waals surface area contributed by atoms with Crippen LogP contribution in [0.25, 0.3) is 10.7 Å². The molecule has 30 heavy (non-hydrogen) atoms.